The molecule has 0 unspecified atom stereocenters. The van der Waals surface area contributed by atoms with Crippen LogP contribution in [0.3, 0.4) is 0 Å². The van der Waals surface area contributed by atoms with Gasteiger partial charge in [-0.3, -0.25) is 9.10 Å². The molecule has 3 rings (SSSR count). The number of rotatable bonds is 10. The van der Waals surface area contributed by atoms with Gasteiger partial charge in [-0.1, -0.05) is 49.2 Å². The van der Waals surface area contributed by atoms with E-state index in [0.717, 1.165) is 22.7 Å². The van der Waals surface area contributed by atoms with Crippen LogP contribution in [0.5, 0.6) is 11.5 Å². The largest absolute Gasteiger partial charge is 0.457 e. The van der Waals surface area contributed by atoms with Crippen LogP contribution in [-0.2, 0) is 14.8 Å². The van der Waals surface area contributed by atoms with Crippen molar-refractivity contribution >= 4 is 21.6 Å². The summed E-state index contributed by atoms with van der Waals surface area (Å²) in [6.07, 6.45) is 1.75. The Kier molecular flexibility index (Phi) is 8.11. The van der Waals surface area contributed by atoms with Gasteiger partial charge in [-0.15, -0.1) is 0 Å². The van der Waals surface area contributed by atoms with Crippen LogP contribution in [0.25, 0.3) is 0 Å². The van der Waals surface area contributed by atoms with E-state index in [1.165, 1.54) is 0 Å². The van der Waals surface area contributed by atoms with Gasteiger partial charge in [-0.25, -0.2) is 8.42 Å². The first kappa shape index (κ1) is 24.3. The molecule has 0 aliphatic carbocycles. The molecule has 1 amide bonds. The van der Waals surface area contributed by atoms with E-state index in [0.29, 0.717) is 17.2 Å². The van der Waals surface area contributed by atoms with Gasteiger partial charge in [0.2, 0.25) is 5.91 Å². The van der Waals surface area contributed by atoms with E-state index in [1.54, 1.807) is 48.5 Å². The normalized spacial score (nSPS) is 12.1. The van der Waals surface area contributed by atoms with Crippen molar-refractivity contribution in [3.8, 4) is 11.5 Å². The predicted octanol–water partition coefficient (Wildman–Crippen LogP) is 5.29. The molecule has 0 aromatic heterocycles. The van der Waals surface area contributed by atoms with E-state index in [2.05, 4.69) is 5.32 Å². The van der Waals surface area contributed by atoms with Crippen molar-refractivity contribution in [2.24, 2.45) is 0 Å². The number of carbonyl (C=O) groups is 1. The van der Waals surface area contributed by atoms with Gasteiger partial charge < -0.3 is 10.1 Å². The van der Waals surface area contributed by atoms with Crippen LogP contribution in [0.4, 0.5) is 5.69 Å². The zero-order valence-corrected chi connectivity index (χ0v) is 20.0. The number of sulfonamides is 1. The molecule has 3 aromatic carbocycles. The van der Waals surface area contributed by atoms with E-state index >= 15 is 0 Å². The Hall–Kier alpha value is -3.32. The fourth-order valence-corrected chi connectivity index (χ4v) is 4.83. The van der Waals surface area contributed by atoms with Gasteiger partial charge in [0, 0.05) is 6.04 Å². The van der Waals surface area contributed by atoms with E-state index in [-0.39, 0.29) is 23.4 Å². The summed E-state index contributed by atoms with van der Waals surface area (Å²) in [4.78, 5) is 12.8. The molecule has 0 fully saturated rings. The van der Waals surface area contributed by atoms with Crippen LogP contribution in [0.1, 0.15) is 32.3 Å². The molecule has 3 aromatic rings. The first-order chi connectivity index (χ1) is 15.8. The second-order valence-corrected chi connectivity index (χ2v) is 9.85. The smallest absolute Gasteiger partial charge is 0.264 e. The number of anilines is 1. The number of nitrogens with one attached hydrogen (secondary N) is 1. The third-order valence-corrected chi connectivity index (χ3v) is 6.92. The van der Waals surface area contributed by atoms with Crippen LogP contribution < -0.4 is 14.4 Å². The highest BCUT2D eigenvalue weighted by Crippen LogP contribution is 2.28. The van der Waals surface area contributed by atoms with Crippen molar-refractivity contribution in [3.63, 3.8) is 0 Å². The van der Waals surface area contributed by atoms with E-state index in [1.807, 2.05) is 51.1 Å². The first-order valence-electron chi connectivity index (χ1n) is 11.0. The van der Waals surface area contributed by atoms with Gasteiger partial charge in [-0.2, -0.15) is 0 Å². The lowest BCUT2D eigenvalue weighted by atomic mass is 10.2. The summed E-state index contributed by atoms with van der Waals surface area (Å²) >= 11 is 0. The number of benzene rings is 3. The number of nitrogens with zero attached hydrogens (tertiary/aromatic N) is 1. The Bertz CT molecular complexity index is 1150. The molecule has 0 bridgehead atoms. The second-order valence-electron chi connectivity index (χ2n) is 7.99. The number of para-hydroxylation sites is 1. The average Bonchev–Trinajstić information content (AvgIpc) is 2.79. The predicted molar refractivity (Wildman–Crippen MR) is 131 cm³/mol. The molecular weight excluding hydrogens is 436 g/mol. The molecule has 0 radical (unpaired) electrons. The third kappa shape index (κ3) is 6.58. The summed E-state index contributed by atoms with van der Waals surface area (Å²) in [7, 11) is -3.95. The van der Waals surface area contributed by atoms with Gasteiger partial charge >= 0.3 is 0 Å². The van der Waals surface area contributed by atoms with Crippen molar-refractivity contribution in [1.29, 1.82) is 0 Å². The Morgan fingerprint density at radius 3 is 2.15 bits per heavy atom. The number of ether oxygens (including phenoxy) is 1. The highest BCUT2D eigenvalue weighted by molar-refractivity contribution is 7.92. The summed E-state index contributed by atoms with van der Waals surface area (Å²) in [5.74, 6) is 0.897. The molecule has 6 nitrogen and oxygen atoms in total. The molecular formula is C26H30N2O4S. The maximum atomic E-state index is 13.5. The van der Waals surface area contributed by atoms with Gasteiger partial charge in [0.1, 0.15) is 18.0 Å². The topological polar surface area (TPSA) is 75.7 Å². The van der Waals surface area contributed by atoms with Gasteiger partial charge in [0.15, 0.2) is 0 Å². The fraction of sp³-hybridized carbons (Fsp3) is 0.269. The zero-order valence-electron chi connectivity index (χ0n) is 19.2. The van der Waals surface area contributed by atoms with Gasteiger partial charge in [0.05, 0.1) is 10.6 Å². The maximum absolute atomic E-state index is 13.5. The molecule has 0 aliphatic rings. The molecule has 33 heavy (non-hydrogen) atoms. The van der Waals surface area contributed by atoms with E-state index < -0.39 is 10.0 Å². The van der Waals surface area contributed by atoms with Crippen LogP contribution in [-0.4, -0.2) is 26.9 Å². The highest BCUT2D eigenvalue weighted by atomic mass is 32.2. The Balaban J connectivity index is 1.89. The van der Waals surface area contributed by atoms with E-state index in [9.17, 15) is 13.2 Å². The Labute approximate surface area is 196 Å². The lowest BCUT2D eigenvalue weighted by Crippen LogP contribution is -2.43. The molecule has 1 atom stereocenters. The zero-order chi connectivity index (χ0) is 23.8. The van der Waals surface area contributed by atoms with Gasteiger partial charge in [-0.05, 0) is 68.8 Å². The minimum Gasteiger partial charge on any atom is -0.457 e. The first-order valence-corrected chi connectivity index (χ1v) is 12.5. The quantitative estimate of drug-likeness (QED) is 0.441. The molecule has 0 spiro atoms. The number of hydrogen-bond acceptors (Lipinski definition) is 4. The lowest BCUT2D eigenvalue weighted by molar-refractivity contribution is -0.120. The maximum Gasteiger partial charge on any atom is 0.264 e. The van der Waals surface area contributed by atoms with Crippen molar-refractivity contribution in [2.45, 2.75) is 44.6 Å². The van der Waals surface area contributed by atoms with E-state index in [4.69, 9.17) is 4.74 Å². The summed E-state index contributed by atoms with van der Waals surface area (Å²) in [5, 5.41) is 2.89. The molecule has 0 saturated carbocycles. The summed E-state index contributed by atoms with van der Waals surface area (Å²) < 4.78 is 33.9. The Morgan fingerprint density at radius 1 is 0.939 bits per heavy atom. The van der Waals surface area contributed by atoms with Gasteiger partial charge in [0.25, 0.3) is 10.0 Å². The molecule has 1 N–H and O–H groups in total. The summed E-state index contributed by atoms with van der Waals surface area (Å²) in [6.45, 7) is 5.52. The standard InChI is InChI=1S/C26H30N2O4S/c1-4-8-21(3)27-26(29)19-28(33(30,31)25-17-11-20(2)12-18-25)22-13-15-24(16-14-22)32-23-9-6-5-7-10-23/h5-7,9-18,21H,4,8,19H2,1-3H3,(H,27,29)/t21-/m1/s1. The second kappa shape index (κ2) is 11.0. The number of amides is 1. The summed E-state index contributed by atoms with van der Waals surface area (Å²) in [6, 6.07) is 22.6. The minimum atomic E-state index is -3.95. The van der Waals surface area contributed by atoms with Crippen LogP contribution in [0.15, 0.2) is 83.8 Å². The van der Waals surface area contributed by atoms with Crippen molar-refractivity contribution < 1.29 is 17.9 Å². The van der Waals surface area contributed by atoms with Crippen molar-refractivity contribution in [2.75, 3.05) is 10.8 Å². The van der Waals surface area contributed by atoms with Crippen molar-refractivity contribution in [1.82, 2.24) is 5.32 Å². The molecule has 0 aliphatic heterocycles. The number of carbonyl (C=O) groups excluding carboxylic acids is 1. The molecule has 7 heteroatoms. The summed E-state index contributed by atoms with van der Waals surface area (Å²) in [5.41, 5.74) is 1.34. The average molecular weight is 467 g/mol. The number of aryl methyl sites for hydroxylation is 1. The molecule has 0 heterocycles. The SMILES string of the molecule is CCC[C@@H](C)NC(=O)CN(c1ccc(Oc2ccccc2)cc1)S(=O)(=O)c1ccc(C)cc1. The fourth-order valence-electron chi connectivity index (χ4n) is 3.41. The minimum absolute atomic E-state index is 0.0342. The monoisotopic (exact) mass is 466 g/mol. The third-order valence-electron chi connectivity index (χ3n) is 5.13. The van der Waals surface area contributed by atoms with Crippen molar-refractivity contribution in [3.05, 3.63) is 84.4 Å². The molecule has 0 saturated heterocycles. The van der Waals surface area contributed by atoms with Crippen LogP contribution in [0, 0.1) is 6.92 Å². The number of hydrogen-bond donors (Lipinski definition) is 1. The Morgan fingerprint density at radius 2 is 1.55 bits per heavy atom. The van der Waals surface area contributed by atoms with Crippen LogP contribution in [0.2, 0.25) is 0 Å². The highest BCUT2D eigenvalue weighted by Gasteiger charge is 2.27. The van der Waals surface area contributed by atoms with Crippen LogP contribution >= 0.6 is 0 Å². The molecule has 174 valence electrons. The lowest BCUT2D eigenvalue weighted by Gasteiger charge is -2.25.